The number of aromatic nitrogens is 1. The van der Waals surface area contributed by atoms with Crippen molar-refractivity contribution in [3.05, 3.63) is 138 Å². The van der Waals surface area contributed by atoms with Gasteiger partial charge in [-0.05, 0) is 28.3 Å². The molecule has 4 rings (SSSR count). The number of rotatable bonds is 5. The summed E-state index contributed by atoms with van der Waals surface area (Å²) in [6, 6.07) is 33.8. The summed E-state index contributed by atoms with van der Waals surface area (Å²) in [5.41, 5.74) is 2.50. The molecule has 1 atom stereocenters. The Balaban J connectivity index is 2.01. The molecule has 3 aromatic carbocycles. The quantitative estimate of drug-likeness (QED) is 0.539. The van der Waals surface area contributed by atoms with Crippen LogP contribution >= 0.6 is 0 Å². The Bertz CT molecular complexity index is 891. The molecule has 1 aromatic heterocycles. The van der Waals surface area contributed by atoms with E-state index in [1.165, 1.54) is 0 Å². The second-order valence-corrected chi connectivity index (χ2v) is 6.63. The van der Waals surface area contributed by atoms with Gasteiger partial charge in [-0.2, -0.15) is 0 Å². The molecule has 27 heavy (non-hydrogen) atoms. The zero-order chi connectivity index (χ0) is 18.5. The second-order valence-electron chi connectivity index (χ2n) is 6.63. The molecule has 0 bridgehead atoms. The molecule has 132 valence electrons. The predicted octanol–water partition coefficient (Wildman–Crippen LogP) is 5.15. The topological polar surface area (TPSA) is 33.1 Å². The lowest BCUT2D eigenvalue weighted by Crippen LogP contribution is -2.35. The first-order chi connectivity index (χ1) is 13.3. The molecule has 0 spiro atoms. The fourth-order valence-electron chi connectivity index (χ4n) is 3.75. The number of hydrogen-bond acceptors (Lipinski definition) is 2. The van der Waals surface area contributed by atoms with Gasteiger partial charge in [-0.1, -0.05) is 97.1 Å². The van der Waals surface area contributed by atoms with Crippen LogP contribution in [0.1, 0.15) is 28.2 Å². The Kier molecular flexibility index (Phi) is 4.82. The first-order valence-electron chi connectivity index (χ1n) is 9.08. The van der Waals surface area contributed by atoms with Gasteiger partial charge in [0.2, 0.25) is 0 Å². The summed E-state index contributed by atoms with van der Waals surface area (Å²) < 4.78 is 0. The molecule has 2 nitrogen and oxygen atoms in total. The van der Waals surface area contributed by atoms with Gasteiger partial charge in [0, 0.05) is 18.3 Å². The average molecular weight is 351 g/mol. The van der Waals surface area contributed by atoms with Gasteiger partial charge < -0.3 is 5.11 Å². The van der Waals surface area contributed by atoms with Gasteiger partial charge in [-0.3, -0.25) is 4.98 Å². The highest BCUT2D eigenvalue weighted by Crippen LogP contribution is 2.46. The molecule has 4 aromatic rings. The van der Waals surface area contributed by atoms with Gasteiger partial charge in [0.15, 0.2) is 0 Å². The molecule has 1 unspecified atom stereocenters. The van der Waals surface area contributed by atoms with Gasteiger partial charge in [0.1, 0.15) is 5.60 Å². The van der Waals surface area contributed by atoms with Crippen LogP contribution < -0.4 is 0 Å². The van der Waals surface area contributed by atoms with Crippen LogP contribution in [0.5, 0.6) is 0 Å². The number of hydrogen-bond donors (Lipinski definition) is 1. The maximum atomic E-state index is 12.3. The molecule has 2 heteroatoms. The van der Waals surface area contributed by atoms with Crippen LogP contribution in [0.3, 0.4) is 0 Å². The van der Waals surface area contributed by atoms with E-state index in [0.717, 1.165) is 22.3 Å². The minimum atomic E-state index is -1.23. The lowest BCUT2D eigenvalue weighted by atomic mass is 9.70. The molecule has 0 saturated heterocycles. The second kappa shape index (κ2) is 7.56. The minimum Gasteiger partial charge on any atom is -0.379 e. The first kappa shape index (κ1) is 17.2. The summed E-state index contributed by atoms with van der Waals surface area (Å²) in [6.45, 7) is 0. The maximum Gasteiger partial charge on any atom is 0.126 e. The van der Waals surface area contributed by atoms with Gasteiger partial charge in [-0.15, -0.1) is 0 Å². The van der Waals surface area contributed by atoms with Crippen molar-refractivity contribution in [2.24, 2.45) is 0 Å². The molecule has 0 saturated carbocycles. The maximum absolute atomic E-state index is 12.3. The first-order valence-corrected chi connectivity index (χ1v) is 9.08. The van der Waals surface area contributed by atoms with E-state index in [1.54, 1.807) is 6.20 Å². The van der Waals surface area contributed by atoms with E-state index < -0.39 is 5.60 Å². The molecule has 1 N–H and O–H groups in total. The molecule has 0 amide bonds. The zero-order valence-corrected chi connectivity index (χ0v) is 14.9. The molecule has 0 fully saturated rings. The third kappa shape index (κ3) is 3.27. The van der Waals surface area contributed by atoms with Crippen LogP contribution in [0.4, 0.5) is 0 Å². The lowest BCUT2D eigenvalue weighted by Gasteiger charge is -2.38. The Morgan fingerprint density at radius 1 is 0.593 bits per heavy atom. The third-order valence-electron chi connectivity index (χ3n) is 5.00. The molecule has 1 heterocycles. The Morgan fingerprint density at radius 2 is 1.07 bits per heavy atom. The SMILES string of the molecule is OC(c1ccccc1)(c1ccccc1)C(c1ccccc1)c1cccnc1. The summed E-state index contributed by atoms with van der Waals surface area (Å²) >= 11 is 0. The highest BCUT2D eigenvalue weighted by atomic mass is 16.3. The van der Waals surface area contributed by atoms with Gasteiger partial charge >= 0.3 is 0 Å². The molecular weight excluding hydrogens is 330 g/mol. The van der Waals surface area contributed by atoms with Crippen molar-refractivity contribution in [1.82, 2.24) is 4.98 Å². The van der Waals surface area contributed by atoms with Crippen LogP contribution in [-0.2, 0) is 5.60 Å². The summed E-state index contributed by atoms with van der Waals surface area (Å²) in [7, 11) is 0. The normalized spacial score (nSPS) is 12.5. The highest BCUT2D eigenvalue weighted by molar-refractivity contribution is 5.46. The largest absolute Gasteiger partial charge is 0.379 e. The minimum absolute atomic E-state index is 0.294. The van der Waals surface area contributed by atoms with Crippen molar-refractivity contribution in [3.8, 4) is 0 Å². The number of benzene rings is 3. The average Bonchev–Trinajstić information content (AvgIpc) is 2.76. The zero-order valence-electron chi connectivity index (χ0n) is 14.9. The van der Waals surface area contributed by atoms with Gasteiger partial charge in [-0.25, -0.2) is 0 Å². The Morgan fingerprint density at radius 3 is 1.56 bits per heavy atom. The van der Waals surface area contributed by atoms with E-state index in [1.807, 2.05) is 97.2 Å². The summed E-state index contributed by atoms with van der Waals surface area (Å²) in [6.07, 6.45) is 3.60. The highest BCUT2D eigenvalue weighted by Gasteiger charge is 2.42. The third-order valence-corrected chi connectivity index (χ3v) is 5.00. The Hall–Kier alpha value is -3.23. The van der Waals surface area contributed by atoms with E-state index in [4.69, 9.17) is 0 Å². The number of aliphatic hydroxyl groups is 1. The fourth-order valence-corrected chi connectivity index (χ4v) is 3.75. The summed E-state index contributed by atoms with van der Waals surface area (Å²) in [5.74, 6) is -0.294. The lowest BCUT2D eigenvalue weighted by molar-refractivity contribution is 0.0624. The molecular formula is C25H21NO. The van der Waals surface area contributed by atoms with Crippen LogP contribution in [0.25, 0.3) is 0 Å². The Labute approximate surface area is 159 Å². The van der Waals surface area contributed by atoms with Crippen LogP contribution in [0.15, 0.2) is 116 Å². The smallest absolute Gasteiger partial charge is 0.126 e. The van der Waals surface area contributed by atoms with Crippen LogP contribution in [0, 0.1) is 0 Å². The molecule has 0 aliphatic heterocycles. The molecule has 0 radical (unpaired) electrons. The van der Waals surface area contributed by atoms with Crippen LogP contribution in [-0.4, -0.2) is 10.1 Å². The van der Waals surface area contributed by atoms with E-state index in [2.05, 4.69) is 17.1 Å². The number of nitrogens with zero attached hydrogens (tertiary/aromatic N) is 1. The van der Waals surface area contributed by atoms with E-state index in [-0.39, 0.29) is 5.92 Å². The fraction of sp³-hybridized carbons (Fsp3) is 0.0800. The molecule has 0 aliphatic rings. The summed E-state index contributed by atoms with van der Waals surface area (Å²) in [5, 5.41) is 12.3. The van der Waals surface area contributed by atoms with E-state index in [0.29, 0.717) is 0 Å². The number of pyridine rings is 1. The van der Waals surface area contributed by atoms with Crippen molar-refractivity contribution < 1.29 is 5.11 Å². The van der Waals surface area contributed by atoms with Crippen molar-refractivity contribution in [3.63, 3.8) is 0 Å². The standard InChI is InChI=1S/C25H21NO/c27-25(22-14-6-2-7-15-22,23-16-8-3-9-17-23)24(20-11-4-1-5-12-20)21-13-10-18-26-19-21/h1-19,24,27H. The predicted molar refractivity (Wildman–Crippen MR) is 108 cm³/mol. The van der Waals surface area contributed by atoms with Crippen molar-refractivity contribution in [2.45, 2.75) is 11.5 Å². The monoisotopic (exact) mass is 351 g/mol. The van der Waals surface area contributed by atoms with E-state index in [9.17, 15) is 5.11 Å². The van der Waals surface area contributed by atoms with Crippen molar-refractivity contribution >= 4 is 0 Å². The molecule has 0 aliphatic carbocycles. The van der Waals surface area contributed by atoms with Gasteiger partial charge in [0.05, 0.1) is 0 Å². The van der Waals surface area contributed by atoms with Gasteiger partial charge in [0.25, 0.3) is 0 Å². The van der Waals surface area contributed by atoms with Crippen LogP contribution in [0.2, 0.25) is 0 Å². The summed E-state index contributed by atoms with van der Waals surface area (Å²) in [4.78, 5) is 4.32. The van der Waals surface area contributed by atoms with Crippen molar-refractivity contribution in [2.75, 3.05) is 0 Å². The van der Waals surface area contributed by atoms with Crippen molar-refractivity contribution in [1.29, 1.82) is 0 Å². The van der Waals surface area contributed by atoms with E-state index >= 15 is 0 Å².